The number of rotatable bonds is 5. The highest BCUT2D eigenvalue weighted by atomic mass is 16.5. The molecule has 0 saturated heterocycles. The molecule has 2 aromatic carbocycles. The van der Waals surface area contributed by atoms with Crippen molar-refractivity contribution in [1.29, 1.82) is 0 Å². The smallest absolute Gasteiger partial charge is 0.257 e. The Bertz CT molecular complexity index is 889. The van der Waals surface area contributed by atoms with Crippen LogP contribution in [0.4, 0.5) is 0 Å². The molecule has 1 N–H and O–H groups in total. The zero-order chi connectivity index (χ0) is 17.2. The van der Waals surface area contributed by atoms with E-state index >= 15 is 0 Å². The minimum atomic E-state index is 0.0468. The topological polar surface area (TPSA) is 68.0 Å². The maximum Gasteiger partial charge on any atom is 0.257 e. The summed E-state index contributed by atoms with van der Waals surface area (Å²) in [6.07, 6.45) is 0.899. The van der Waals surface area contributed by atoms with Crippen LogP contribution in [-0.4, -0.2) is 16.0 Å². The molecule has 5 nitrogen and oxygen atoms in total. The van der Waals surface area contributed by atoms with E-state index in [1.54, 1.807) is 0 Å². The zero-order valence-corrected chi connectivity index (χ0v) is 14.0. The highest BCUT2D eigenvalue weighted by Gasteiger charge is 2.43. The first kappa shape index (κ1) is 15.6. The predicted octanol–water partition coefficient (Wildman–Crippen LogP) is 3.46. The van der Waals surface area contributed by atoms with Crippen LogP contribution in [0.25, 0.3) is 11.5 Å². The molecule has 1 saturated carbocycles. The van der Waals surface area contributed by atoms with Crippen molar-refractivity contribution in [1.82, 2.24) is 15.5 Å². The Labute approximate surface area is 146 Å². The van der Waals surface area contributed by atoms with Gasteiger partial charge in [0.05, 0.1) is 6.54 Å². The van der Waals surface area contributed by atoms with Gasteiger partial charge in [-0.05, 0) is 37.0 Å². The Kier molecular flexibility index (Phi) is 4.06. The summed E-state index contributed by atoms with van der Waals surface area (Å²) in [5.74, 6) is 1.39. The lowest BCUT2D eigenvalue weighted by molar-refractivity contribution is -0.122. The second-order valence-corrected chi connectivity index (χ2v) is 6.46. The standard InChI is InChI=1S/C20H19N3O2/c1-13-6-5-9-15(10-13)20-22-18(23-25-20)12-21-19(24)17-11-16(17)14-7-3-2-4-8-14/h2-10,16-17H,11-12H2,1H3,(H,21,24)/t16-,17+/m1/s1. The first-order valence-electron chi connectivity index (χ1n) is 8.43. The van der Waals surface area contributed by atoms with Gasteiger partial charge in [-0.1, -0.05) is 53.2 Å². The summed E-state index contributed by atoms with van der Waals surface area (Å²) in [7, 11) is 0. The number of nitrogens with zero attached hydrogens (tertiary/aromatic N) is 2. The van der Waals surface area contributed by atoms with Crippen LogP contribution < -0.4 is 5.32 Å². The van der Waals surface area contributed by atoms with E-state index < -0.39 is 0 Å². The lowest BCUT2D eigenvalue weighted by Gasteiger charge is -2.02. The molecule has 2 atom stereocenters. The maximum absolute atomic E-state index is 12.3. The molecule has 0 radical (unpaired) electrons. The molecule has 5 heteroatoms. The normalized spacial score (nSPS) is 18.8. The summed E-state index contributed by atoms with van der Waals surface area (Å²) in [6, 6.07) is 18.0. The second kappa shape index (κ2) is 6.51. The van der Waals surface area contributed by atoms with Gasteiger partial charge in [0.15, 0.2) is 5.82 Å². The fourth-order valence-electron chi connectivity index (χ4n) is 3.07. The largest absolute Gasteiger partial charge is 0.348 e. The van der Waals surface area contributed by atoms with Gasteiger partial charge in [-0.2, -0.15) is 4.98 Å². The number of aromatic nitrogens is 2. The van der Waals surface area contributed by atoms with E-state index in [1.165, 1.54) is 5.56 Å². The highest BCUT2D eigenvalue weighted by Crippen LogP contribution is 2.47. The van der Waals surface area contributed by atoms with Crippen molar-refractivity contribution in [2.24, 2.45) is 5.92 Å². The van der Waals surface area contributed by atoms with Crippen molar-refractivity contribution >= 4 is 5.91 Å². The van der Waals surface area contributed by atoms with E-state index in [0.717, 1.165) is 17.5 Å². The number of aryl methyl sites for hydroxylation is 1. The fourth-order valence-corrected chi connectivity index (χ4v) is 3.07. The van der Waals surface area contributed by atoms with E-state index in [0.29, 0.717) is 17.6 Å². The summed E-state index contributed by atoms with van der Waals surface area (Å²) in [5, 5.41) is 6.86. The van der Waals surface area contributed by atoms with Gasteiger partial charge in [0.25, 0.3) is 5.89 Å². The molecule has 1 aliphatic rings. The molecule has 0 bridgehead atoms. The first-order valence-corrected chi connectivity index (χ1v) is 8.43. The van der Waals surface area contributed by atoms with Crippen LogP contribution in [0.3, 0.4) is 0 Å². The molecule has 0 spiro atoms. The molecule has 1 aromatic heterocycles. The summed E-state index contributed by atoms with van der Waals surface area (Å²) >= 11 is 0. The third-order valence-electron chi connectivity index (χ3n) is 4.51. The minimum Gasteiger partial charge on any atom is -0.348 e. The molecule has 4 rings (SSSR count). The molecule has 1 heterocycles. The van der Waals surface area contributed by atoms with Gasteiger partial charge in [0, 0.05) is 11.5 Å². The van der Waals surface area contributed by atoms with Gasteiger partial charge in [-0.3, -0.25) is 4.79 Å². The Morgan fingerprint density at radius 3 is 2.84 bits per heavy atom. The molecule has 0 unspecified atom stereocenters. The molecule has 25 heavy (non-hydrogen) atoms. The Morgan fingerprint density at radius 1 is 1.20 bits per heavy atom. The van der Waals surface area contributed by atoms with E-state index in [1.807, 2.05) is 49.4 Å². The molecule has 126 valence electrons. The summed E-state index contributed by atoms with van der Waals surface area (Å²) < 4.78 is 5.29. The van der Waals surface area contributed by atoms with Crippen molar-refractivity contribution in [3.8, 4) is 11.5 Å². The van der Waals surface area contributed by atoms with E-state index in [-0.39, 0.29) is 18.4 Å². The van der Waals surface area contributed by atoms with E-state index in [9.17, 15) is 4.79 Å². The summed E-state index contributed by atoms with van der Waals surface area (Å²) in [5.41, 5.74) is 3.24. The molecule has 0 aliphatic heterocycles. The third kappa shape index (κ3) is 3.45. The Balaban J connectivity index is 1.34. The van der Waals surface area contributed by atoms with Crippen molar-refractivity contribution in [2.75, 3.05) is 0 Å². The number of carbonyl (C=O) groups is 1. The maximum atomic E-state index is 12.3. The van der Waals surface area contributed by atoms with Gasteiger partial charge in [0.1, 0.15) is 0 Å². The quantitative estimate of drug-likeness (QED) is 0.776. The third-order valence-corrected chi connectivity index (χ3v) is 4.51. The molecule has 1 fully saturated rings. The van der Waals surface area contributed by atoms with Gasteiger partial charge >= 0.3 is 0 Å². The number of nitrogens with one attached hydrogen (secondary N) is 1. The van der Waals surface area contributed by atoms with Gasteiger partial charge < -0.3 is 9.84 Å². The average molecular weight is 333 g/mol. The zero-order valence-electron chi connectivity index (χ0n) is 14.0. The second-order valence-electron chi connectivity index (χ2n) is 6.46. The van der Waals surface area contributed by atoms with Crippen LogP contribution in [0.1, 0.15) is 29.3 Å². The van der Waals surface area contributed by atoms with Crippen molar-refractivity contribution < 1.29 is 9.32 Å². The summed E-state index contributed by atoms with van der Waals surface area (Å²) in [6.45, 7) is 2.30. The van der Waals surface area contributed by atoms with E-state index in [4.69, 9.17) is 4.52 Å². The van der Waals surface area contributed by atoms with Crippen molar-refractivity contribution in [3.05, 3.63) is 71.5 Å². The van der Waals surface area contributed by atoms with Crippen molar-refractivity contribution in [2.45, 2.75) is 25.8 Å². The SMILES string of the molecule is Cc1cccc(-c2nc(CNC(=O)[C@H]3C[C@@H]3c3ccccc3)no2)c1. The minimum absolute atomic E-state index is 0.0468. The van der Waals surface area contributed by atoms with Crippen LogP contribution in [-0.2, 0) is 11.3 Å². The van der Waals surface area contributed by atoms with E-state index in [2.05, 4.69) is 27.6 Å². The average Bonchev–Trinajstić information content (AvgIpc) is 3.30. The lowest BCUT2D eigenvalue weighted by Crippen LogP contribution is -2.25. The molecule has 1 amide bonds. The Hall–Kier alpha value is -2.95. The fraction of sp³-hybridized carbons (Fsp3) is 0.250. The number of carbonyl (C=O) groups excluding carboxylic acids is 1. The van der Waals surface area contributed by atoms with Crippen LogP contribution in [0, 0.1) is 12.8 Å². The van der Waals surface area contributed by atoms with Gasteiger partial charge in [-0.25, -0.2) is 0 Å². The van der Waals surface area contributed by atoms with Crippen molar-refractivity contribution in [3.63, 3.8) is 0 Å². The number of hydrogen-bond donors (Lipinski definition) is 1. The number of hydrogen-bond acceptors (Lipinski definition) is 4. The van der Waals surface area contributed by atoms with Crippen LogP contribution in [0.2, 0.25) is 0 Å². The number of benzene rings is 2. The highest BCUT2D eigenvalue weighted by molar-refractivity contribution is 5.82. The van der Waals surface area contributed by atoms with Crippen LogP contribution in [0.5, 0.6) is 0 Å². The van der Waals surface area contributed by atoms with Gasteiger partial charge in [-0.15, -0.1) is 0 Å². The molecular formula is C20H19N3O2. The van der Waals surface area contributed by atoms with Crippen LogP contribution in [0.15, 0.2) is 59.1 Å². The number of amides is 1. The summed E-state index contributed by atoms with van der Waals surface area (Å²) in [4.78, 5) is 16.6. The van der Waals surface area contributed by atoms with Crippen LogP contribution >= 0.6 is 0 Å². The molecule has 1 aliphatic carbocycles. The monoisotopic (exact) mass is 333 g/mol. The molecular weight excluding hydrogens is 314 g/mol. The lowest BCUT2D eigenvalue weighted by atomic mass is 10.1. The first-order chi connectivity index (χ1) is 12.2. The van der Waals surface area contributed by atoms with Gasteiger partial charge in [0.2, 0.25) is 5.91 Å². The predicted molar refractivity (Wildman–Crippen MR) is 93.6 cm³/mol. The Morgan fingerprint density at radius 2 is 2.04 bits per heavy atom. The molecule has 3 aromatic rings.